The number of aliphatic hydroxyl groups excluding tert-OH is 1. The van der Waals surface area contributed by atoms with Crippen molar-refractivity contribution in [2.24, 2.45) is 0 Å². The molecule has 128 valence electrons. The summed E-state index contributed by atoms with van der Waals surface area (Å²) >= 11 is 1.45. The standard InChI is InChI=1S/C19H24N2O2S/c1-11-8-9-14(12(2)10-11)18-20-13(3)17(24-18)19(23)21(4)15-6-5-7-16(15)22/h8-10,15-16,22H,5-7H2,1-4H3/t15-,16-/m1/s1. The van der Waals surface area contributed by atoms with Crippen LogP contribution in [-0.2, 0) is 0 Å². The molecule has 2 aromatic rings. The van der Waals surface area contributed by atoms with Gasteiger partial charge in [-0.1, -0.05) is 23.8 Å². The molecule has 5 heteroatoms. The smallest absolute Gasteiger partial charge is 0.265 e. The van der Waals surface area contributed by atoms with Crippen LogP contribution in [0.4, 0.5) is 0 Å². The summed E-state index contributed by atoms with van der Waals surface area (Å²) in [4.78, 5) is 19.9. The molecule has 0 saturated heterocycles. The molecular formula is C19H24N2O2S. The summed E-state index contributed by atoms with van der Waals surface area (Å²) in [6.45, 7) is 6.03. The van der Waals surface area contributed by atoms with Crippen molar-refractivity contribution in [1.29, 1.82) is 0 Å². The van der Waals surface area contributed by atoms with Gasteiger partial charge < -0.3 is 10.0 Å². The van der Waals surface area contributed by atoms with Gasteiger partial charge in [0, 0.05) is 12.6 Å². The number of benzene rings is 1. The van der Waals surface area contributed by atoms with Gasteiger partial charge in [-0.15, -0.1) is 11.3 Å². The summed E-state index contributed by atoms with van der Waals surface area (Å²) in [5, 5.41) is 10.9. The summed E-state index contributed by atoms with van der Waals surface area (Å²) in [6, 6.07) is 6.20. The Labute approximate surface area is 147 Å². The second kappa shape index (κ2) is 6.65. The highest BCUT2D eigenvalue weighted by Gasteiger charge is 2.33. The van der Waals surface area contributed by atoms with E-state index in [1.165, 1.54) is 22.5 Å². The lowest BCUT2D eigenvalue weighted by molar-refractivity contribution is 0.0542. The van der Waals surface area contributed by atoms with Gasteiger partial charge in [-0.05, 0) is 45.6 Å². The van der Waals surface area contributed by atoms with E-state index in [0.29, 0.717) is 4.88 Å². The molecule has 1 amide bonds. The van der Waals surface area contributed by atoms with E-state index in [9.17, 15) is 9.90 Å². The van der Waals surface area contributed by atoms with Crippen LogP contribution in [0.25, 0.3) is 10.6 Å². The molecule has 0 bridgehead atoms. The summed E-state index contributed by atoms with van der Waals surface area (Å²) in [5.41, 5.74) is 4.23. The van der Waals surface area contributed by atoms with Crippen LogP contribution in [0, 0.1) is 20.8 Å². The Kier molecular flexibility index (Phi) is 4.74. The van der Waals surface area contributed by atoms with E-state index in [0.717, 1.165) is 35.5 Å². The number of likely N-dealkylation sites (N-methyl/N-ethyl adjacent to an activating group) is 1. The van der Waals surface area contributed by atoms with Crippen molar-refractivity contribution in [2.45, 2.75) is 52.2 Å². The highest BCUT2D eigenvalue weighted by Crippen LogP contribution is 2.32. The van der Waals surface area contributed by atoms with Crippen LogP contribution in [0.2, 0.25) is 0 Å². The Morgan fingerprint density at radius 1 is 1.29 bits per heavy atom. The van der Waals surface area contributed by atoms with E-state index in [2.05, 4.69) is 37.0 Å². The number of carbonyl (C=O) groups is 1. The Hall–Kier alpha value is -1.72. The van der Waals surface area contributed by atoms with E-state index >= 15 is 0 Å². The van der Waals surface area contributed by atoms with Crippen LogP contribution in [0.5, 0.6) is 0 Å². The highest BCUT2D eigenvalue weighted by atomic mass is 32.1. The fraction of sp³-hybridized carbons (Fsp3) is 0.474. The third-order valence-electron chi connectivity index (χ3n) is 4.86. The van der Waals surface area contributed by atoms with E-state index < -0.39 is 6.10 Å². The van der Waals surface area contributed by atoms with Crippen molar-refractivity contribution in [3.63, 3.8) is 0 Å². The zero-order valence-electron chi connectivity index (χ0n) is 14.7. The summed E-state index contributed by atoms with van der Waals surface area (Å²) in [5.74, 6) is -0.0352. The van der Waals surface area contributed by atoms with Crippen LogP contribution in [-0.4, -0.2) is 40.1 Å². The van der Waals surface area contributed by atoms with Gasteiger partial charge in [0.2, 0.25) is 0 Å². The zero-order valence-corrected chi connectivity index (χ0v) is 15.5. The minimum Gasteiger partial charge on any atom is -0.391 e. The molecule has 0 unspecified atom stereocenters. The third kappa shape index (κ3) is 3.10. The first-order valence-electron chi connectivity index (χ1n) is 8.38. The molecule has 1 heterocycles. The number of aryl methyl sites for hydroxylation is 3. The van der Waals surface area contributed by atoms with E-state index in [1.54, 1.807) is 11.9 Å². The number of hydrogen-bond acceptors (Lipinski definition) is 4. The van der Waals surface area contributed by atoms with Crippen molar-refractivity contribution in [1.82, 2.24) is 9.88 Å². The molecule has 4 nitrogen and oxygen atoms in total. The maximum Gasteiger partial charge on any atom is 0.265 e. The van der Waals surface area contributed by atoms with E-state index in [1.807, 2.05) is 6.92 Å². The summed E-state index contributed by atoms with van der Waals surface area (Å²) in [7, 11) is 1.79. The van der Waals surface area contributed by atoms with Crippen LogP contribution in [0.15, 0.2) is 18.2 Å². The lowest BCUT2D eigenvalue weighted by Crippen LogP contribution is -2.41. The van der Waals surface area contributed by atoms with Gasteiger partial charge in [0.05, 0.1) is 17.8 Å². The lowest BCUT2D eigenvalue weighted by Gasteiger charge is -2.26. The van der Waals surface area contributed by atoms with Gasteiger partial charge in [-0.3, -0.25) is 4.79 Å². The number of amides is 1. The fourth-order valence-electron chi connectivity index (χ4n) is 3.45. The first kappa shape index (κ1) is 17.1. The summed E-state index contributed by atoms with van der Waals surface area (Å²) in [6.07, 6.45) is 2.20. The minimum absolute atomic E-state index is 0.0352. The topological polar surface area (TPSA) is 53.4 Å². The number of nitrogens with zero attached hydrogens (tertiary/aromatic N) is 2. The normalized spacial score (nSPS) is 20.4. The number of carbonyl (C=O) groups excluding carboxylic acids is 1. The molecule has 3 rings (SSSR count). The van der Waals surface area contributed by atoms with Crippen molar-refractivity contribution >= 4 is 17.2 Å². The molecule has 2 atom stereocenters. The van der Waals surface area contributed by atoms with Crippen LogP contribution in [0.3, 0.4) is 0 Å². The van der Waals surface area contributed by atoms with Crippen LogP contribution in [0.1, 0.15) is 45.8 Å². The number of rotatable bonds is 3. The molecule has 1 aliphatic carbocycles. The second-order valence-corrected chi connectivity index (χ2v) is 7.73. The molecule has 0 spiro atoms. The van der Waals surface area contributed by atoms with Crippen molar-refractivity contribution in [3.8, 4) is 10.6 Å². The number of aliphatic hydroxyl groups is 1. The van der Waals surface area contributed by atoms with Crippen LogP contribution < -0.4 is 0 Å². The molecule has 1 saturated carbocycles. The summed E-state index contributed by atoms with van der Waals surface area (Å²) < 4.78 is 0. The van der Waals surface area contributed by atoms with Gasteiger partial charge in [0.25, 0.3) is 5.91 Å². The molecule has 1 aliphatic rings. The predicted octanol–water partition coefficient (Wildman–Crippen LogP) is 3.72. The predicted molar refractivity (Wildman–Crippen MR) is 97.5 cm³/mol. The first-order valence-corrected chi connectivity index (χ1v) is 9.20. The molecule has 24 heavy (non-hydrogen) atoms. The molecule has 1 aromatic carbocycles. The largest absolute Gasteiger partial charge is 0.391 e. The van der Waals surface area contributed by atoms with E-state index in [4.69, 9.17) is 0 Å². The SMILES string of the molecule is Cc1ccc(-c2nc(C)c(C(=O)N(C)[C@@H]3CCC[C@H]3O)s2)c(C)c1. The Bertz CT molecular complexity index is 769. The van der Waals surface area contributed by atoms with Crippen molar-refractivity contribution in [2.75, 3.05) is 7.05 Å². The minimum atomic E-state index is -0.411. The second-order valence-electron chi connectivity index (χ2n) is 6.73. The number of hydrogen-bond donors (Lipinski definition) is 1. The van der Waals surface area contributed by atoms with Gasteiger partial charge in [-0.25, -0.2) is 4.98 Å². The van der Waals surface area contributed by atoms with Crippen molar-refractivity contribution < 1.29 is 9.90 Å². The quantitative estimate of drug-likeness (QED) is 0.923. The molecule has 1 aromatic heterocycles. The van der Waals surface area contributed by atoms with Gasteiger partial charge in [-0.2, -0.15) is 0 Å². The average Bonchev–Trinajstić information content (AvgIpc) is 3.12. The molecule has 0 aliphatic heterocycles. The average molecular weight is 344 g/mol. The fourth-order valence-corrected chi connectivity index (χ4v) is 4.59. The van der Waals surface area contributed by atoms with Gasteiger partial charge in [0.15, 0.2) is 0 Å². The Morgan fingerprint density at radius 3 is 2.67 bits per heavy atom. The maximum atomic E-state index is 12.9. The molecular weight excluding hydrogens is 320 g/mol. The third-order valence-corrected chi connectivity index (χ3v) is 6.04. The Balaban J connectivity index is 1.89. The van der Waals surface area contributed by atoms with Crippen LogP contribution >= 0.6 is 11.3 Å². The Morgan fingerprint density at radius 2 is 2.04 bits per heavy atom. The molecule has 0 radical (unpaired) electrons. The monoisotopic (exact) mass is 344 g/mol. The first-order chi connectivity index (χ1) is 11.4. The molecule has 1 fully saturated rings. The maximum absolute atomic E-state index is 12.9. The number of aromatic nitrogens is 1. The lowest BCUT2D eigenvalue weighted by atomic mass is 10.1. The highest BCUT2D eigenvalue weighted by molar-refractivity contribution is 7.17. The number of thiazole rings is 1. The van der Waals surface area contributed by atoms with Gasteiger partial charge in [0.1, 0.15) is 9.88 Å². The zero-order chi connectivity index (χ0) is 17.4. The van der Waals surface area contributed by atoms with E-state index in [-0.39, 0.29) is 11.9 Å². The van der Waals surface area contributed by atoms with Gasteiger partial charge >= 0.3 is 0 Å². The molecule has 1 N–H and O–H groups in total. The van der Waals surface area contributed by atoms with Crippen molar-refractivity contribution in [3.05, 3.63) is 39.9 Å².